The van der Waals surface area contributed by atoms with Gasteiger partial charge in [0.05, 0.1) is 28.4 Å². The first kappa shape index (κ1) is 22.2. The minimum Gasteiger partial charge on any atom is -0.493 e. The Morgan fingerprint density at radius 1 is 0.812 bits per heavy atom. The summed E-state index contributed by atoms with van der Waals surface area (Å²) in [6.07, 6.45) is 2.09. The molecule has 0 amide bonds. The molecule has 0 spiro atoms. The molecule has 0 aliphatic rings. The average Bonchev–Trinajstić information content (AvgIpc) is 2.94. The Labute approximate surface area is 194 Å². The molecule has 164 valence electrons. The average molecular weight is 444 g/mol. The molecule has 4 aromatic rings. The van der Waals surface area contributed by atoms with E-state index >= 15 is 0 Å². The summed E-state index contributed by atoms with van der Waals surface area (Å²) in [5, 5.41) is 2.87. The lowest BCUT2D eigenvalue weighted by atomic mass is 10.1. The van der Waals surface area contributed by atoms with Crippen molar-refractivity contribution in [1.82, 2.24) is 0 Å². The number of ether oxygens (including phenoxy) is 1. The van der Waals surface area contributed by atoms with Gasteiger partial charge in [0, 0.05) is 4.90 Å². The molecule has 0 radical (unpaired) electrons. The molecule has 0 bridgehead atoms. The summed E-state index contributed by atoms with van der Waals surface area (Å²) in [6, 6.07) is 19.3. The molecule has 0 fully saturated rings. The second-order valence-corrected chi connectivity index (χ2v) is 8.96. The van der Waals surface area contributed by atoms with Gasteiger partial charge in [-0.3, -0.25) is 0 Å². The van der Waals surface area contributed by atoms with Gasteiger partial charge in [-0.2, -0.15) is 0 Å². The van der Waals surface area contributed by atoms with Crippen molar-refractivity contribution in [2.24, 2.45) is 4.99 Å². The van der Waals surface area contributed by atoms with Gasteiger partial charge >= 0.3 is 0 Å². The van der Waals surface area contributed by atoms with Gasteiger partial charge in [0.1, 0.15) is 17.3 Å². The van der Waals surface area contributed by atoms with Crippen LogP contribution in [0.4, 0.5) is 5.69 Å². The van der Waals surface area contributed by atoms with Crippen LogP contribution in [0.3, 0.4) is 0 Å². The van der Waals surface area contributed by atoms with Gasteiger partial charge < -0.3 is 9.15 Å². The molecule has 4 heteroatoms. The van der Waals surface area contributed by atoms with E-state index in [1.165, 1.54) is 16.0 Å². The number of benzene rings is 2. The predicted molar refractivity (Wildman–Crippen MR) is 135 cm³/mol. The Morgan fingerprint density at radius 2 is 1.47 bits per heavy atom. The number of rotatable bonds is 5. The first-order chi connectivity index (χ1) is 15.4. The van der Waals surface area contributed by atoms with Crippen molar-refractivity contribution in [2.45, 2.75) is 39.5 Å². The molecule has 4 rings (SSSR count). The fourth-order valence-electron chi connectivity index (χ4n) is 4.23. The number of hydrogen-bond acceptors (Lipinski definition) is 4. The number of furan rings is 1. The molecule has 1 aromatic heterocycles. The van der Waals surface area contributed by atoms with Gasteiger partial charge in [0.2, 0.25) is 0 Å². The standard InChI is InChI=1S/C28H29NO2S/c1-7-30-26-16-22(21-8-10-24(32-6)11-9-21)15-25(27-19(4)31-20(5)28(26)27)29-23-13-17(2)12-18(3)14-23/h8-16H,7H2,1-6H3. The van der Waals surface area contributed by atoms with Crippen molar-refractivity contribution < 1.29 is 9.15 Å². The predicted octanol–water partition coefficient (Wildman–Crippen LogP) is 7.69. The minimum absolute atomic E-state index is 0.581. The monoisotopic (exact) mass is 443 g/mol. The molecular formula is C28H29NO2S. The second kappa shape index (κ2) is 9.25. The van der Waals surface area contributed by atoms with Crippen LogP contribution in [-0.2, 0) is 0 Å². The third-order valence-electron chi connectivity index (χ3n) is 5.52. The van der Waals surface area contributed by atoms with Crippen molar-refractivity contribution in [3.63, 3.8) is 0 Å². The maximum absolute atomic E-state index is 6.12. The van der Waals surface area contributed by atoms with E-state index in [4.69, 9.17) is 14.1 Å². The van der Waals surface area contributed by atoms with E-state index in [2.05, 4.69) is 74.7 Å². The van der Waals surface area contributed by atoms with Crippen molar-refractivity contribution in [3.8, 4) is 16.9 Å². The molecule has 3 aromatic carbocycles. The largest absolute Gasteiger partial charge is 0.493 e. The Hall–Kier alpha value is -2.98. The Morgan fingerprint density at radius 3 is 2.09 bits per heavy atom. The fourth-order valence-corrected chi connectivity index (χ4v) is 4.63. The van der Waals surface area contributed by atoms with E-state index < -0.39 is 0 Å². The Balaban J connectivity index is 2.11. The number of fused-ring (bicyclic) bond motifs is 1. The van der Waals surface area contributed by atoms with E-state index in [0.29, 0.717) is 6.61 Å². The van der Waals surface area contributed by atoms with E-state index in [1.807, 2.05) is 20.8 Å². The van der Waals surface area contributed by atoms with E-state index in [9.17, 15) is 0 Å². The van der Waals surface area contributed by atoms with Crippen LogP contribution < -0.4 is 10.1 Å². The smallest absolute Gasteiger partial charge is 0.131 e. The van der Waals surface area contributed by atoms with Crippen LogP contribution in [0.2, 0.25) is 0 Å². The van der Waals surface area contributed by atoms with E-state index in [0.717, 1.165) is 50.2 Å². The SMILES string of the molecule is CCOc1cc(-c2ccc(SC)cc2)cc(=Nc2cc(C)cc(C)c2)c2c(C)oc(C)c12. The van der Waals surface area contributed by atoms with E-state index in [1.54, 1.807) is 11.8 Å². The topological polar surface area (TPSA) is 34.7 Å². The van der Waals surface area contributed by atoms with Gasteiger partial charge in [0.25, 0.3) is 0 Å². The highest BCUT2D eigenvalue weighted by atomic mass is 32.2. The first-order valence-electron chi connectivity index (χ1n) is 10.9. The summed E-state index contributed by atoms with van der Waals surface area (Å²) < 4.78 is 12.2. The molecule has 0 unspecified atom stereocenters. The number of nitrogens with zero attached hydrogens (tertiary/aromatic N) is 1. The summed E-state index contributed by atoms with van der Waals surface area (Å²) in [5.41, 5.74) is 5.53. The van der Waals surface area contributed by atoms with E-state index in [-0.39, 0.29) is 0 Å². The molecule has 0 aliphatic carbocycles. The van der Waals surface area contributed by atoms with Gasteiger partial charge in [-0.15, -0.1) is 11.8 Å². The lowest BCUT2D eigenvalue weighted by molar-refractivity contribution is 0.344. The van der Waals surface area contributed by atoms with Gasteiger partial charge in [0.15, 0.2) is 0 Å². The third kappa shape index (κ3) is 4.46. The second-order valence-electron chi connectivity index (χ2n) is 8.08. The van der Waals surface area contributed by atoms with Crippen molar-refractivity contribution >= 4 is 28.2 Å². The van der Waals surface area contributed by atoms with Crippen LogP contribution in [0.1, 0.15) is 29.6 Å². The first-order valence-corrected chi connectivity index (χ1v) is 12.1. The van der Waals surface area contributed by atoms with Crippen LogP contribution in [0.5, 0.6) is 5.75 Å². The molecule has 0 N–H and O–H groups in total. The highest BCUT2D eigenvalue weighted by Gasteiger charge is 2.15. The normalized spacial score (nSPS) is 11.9. The fraction of sp³-hybridized carbons (Fsp3) is 0.250. The van der Waals surface area contributed by atoms with Crippen molar-refractivity contribution in [1.29, 1.82) is 0 Å². The zero-order chi connectivity index (χ0) is 22.8. The maximum atomic E-state index is 6.12. The van der Waals surface area contributed by atoms with Crippen LogP contribution >= 0.6 is 11.8 Å². The zero-order valence-corrected chi connectivity index (χ0v) is 20.4. The third-order valence-corrected chi connectivity index (χ3v) is 6.26. The number of hydrogen-bond donors (Lipinski definition) is 0. The number of aryl methyl sites for hydroxylation is 4. The molecule has 0 saturated carbocycles. The summed E-state index contributed by atoms with van der Waals surface area (Å²) in [5.74, 6) is 2.52. The van der Waals surface area contributed by atoms with Gasteiger partial charge in [-0.1, -0.05) is 18.2 Å². The van der Waals surface area contributed by atoms with Crippen LogP contribution in [0.25, 0.3) is 21.9 Å². The summed E-state index contributed by atoms with van der Waals surface area (Å²) in [7, 11) is 0. The highest BCUT2D eigenvalue weighted by molar-refractivity contribution is 7.98. The molecular weight excluding hydrogens is 414 g/mol. The minimum atomic E-state index is 0.581. The quantitative estimate of drug-likeness (QED) is 0.297. The molecule has 1 heterocycles. The Bertz CT molecular complexity index is 1330. The highest BCUT2D eigenvalue weighted by Crippen LogP contribution is 2.34. The summed E-state index contributed by atoms with van der Waals surface area (Å²) >= 11 is 1.74. The molecule has 3 nitrogen and oxygen atoms in total. The summed E-state index contributed by atoms with van der Waals surface area (Å²) in [6.45, 7) is 10.8. The van der Waals surface area contributed by atoms with Gasteiger partial charge in [-0.05, 0) is 99.5 Å². The summed E-state index contributed by atoms with van der Waals surface area (Å²) in [4.78, 5) is 6.35. The van der Waals surface area contributed by atoms with Crippen LogP contribution in [0.15, 0.2) is 68.9 Å². The van der Waals surface area contributed by atoms with Crippen LogP contribution in [-0.4, -0.2) is 12.9 Å². The Kier molecular flexibility index (Phi) is 6.43. The molecule has 0 aliphatic heterocycles. The lowest BCUT2D eigenvalue weighted by Crippen LogP contribution is -2.00. The number of thioether (sulfide) groups is 1. The lowest BCUT2D eigenvalue weighted by Gasteiger charge is -2.05. The molecule has 32 heavy (non-hydrogen) atoms. The maximum Gasteiger partial charge on any atom is 0.131 e. The van der Waals surface area contributed by atoms with Crippen molar-refractivity contribution in [2.75, 3.05) is 12.9 Å². The molecule has 0 saturated heterocycles. The zero-order valence-electron chi connectivity index (χ0n) is 19.6. The van der Waals surface area contributed by atoms with Crippen LogP contribution in [0, 0.1) is 27.7 Å². The van der Waals surface area contributed by atoms with Crippen molar-refractivity contribution in [3.05, 3.63) is 82.6 Å². The molecule has 0 atom stereocenters. The van der Waals surface area contributed by atoms with Gasteiger partial charge in [-0.25, -0.2) is 4.99 Å².